The summed E-state index contributed by atoms with van der Waals surface area (Å²) in [5.74, 6) is 0.650. The predicted molar refractivity (Wildman–Crippen MR) is 65.0 cm³/mol. The van der Waals surface area contributed by atoms with Crippen molar-refractivity contribution in [2.45, 2.75) is 31.3 Å². The fourth-order valence-corrected chi connectivity index (χ4v) is 2.21. The van der Waals surface area contributed by atoms with Gasteiger partial charge in [0.2, 0.25) is 5.16 Å². The van der Waals surface area contributed by atoms with Crippen LogP contribution in [0.2, 0.25) is 0 Å². The SMILES string of the molecule is CCNCCn1nnnc1SCc1nonc1C. The van der Waals surface area contributed by atoms with Crippen LogP contribution in [0, 0.1) is 6.92 Å². The maximum absolute atomic E-state index is 4.64. The molecule has 98 valence electrons. The third kappa shape index (κ3) is 3.26. The van der Waals surface area contributed by atoms with Crippen LogP contribution in [0.3, 0.4) is 0 Å². The molecular weight excluding hydrogens is 254 g/mol. The highest BCUT2D eigenvalue weighted by Crippen LogP contribution is 2.19. The number of thioether (sulfide) groups is 1. The standard InChI is InChI=1S/C9H15N7OS/c1-3-10-4-5-16-9(11-14-15-16)18-6-8-7(2)12-17-13-8/h10H,3-6H2,1-2H3. The summed E-state index contributed by atoms with van der Waals surface area (Å²) >= 11 is 1.52. The molecule has 18 heavy (non-hydrogen) atoms. The molecule has 2 aromatic rings. The Hall–Kier alpha value is -1.48. The van der Waals surface area contributed by atoms with E-state index in [9.17, 15) is 0 Å². The van der Waals surface area contributed by atoms with Crippen molar-refractivity contribution < 1.29 is 4.63 Å². The van der Waals surface area contributed by atoms with Crippen LogP contribution in [0.15, 0.2) is 9.79 Å². The molecule has 0 saturated carbocycles. The van der Waals surface area contributed by atoms with Gasteiger partial charge in [0, 0.05) is 12.3 Å². The van der Waals surface area contributed by atoms with E-state index < -0.39 is 0 Å². The van der Waals surface area contributed by atoms with E-state index in [-0.39, 0.29) is 0 Å². The lowest BCUT2D eigenvalue weighted by Crippen LogP contribution is -2.20. The summed E-state index contributed by atoms with van der Waals surface area (Å²) < 4.78 is 6.42. The van der Waals surface area contributed by atoms with Crippen LogP contribution in [-0.4, -0.2) is 43.6 Å². The highest BCUT2D eigenvalue weighted by Gasteiger charge is 2.10. The molecule has 8 nitrogen and oxygen atoms in total. The van der Waals surface area contributed by atoms with Crippen molar-refractivity contribution in [3.8, 4) is 0 Å². The molecule has 0 amide bonds. The van der Waals surface area contributed by atoms with Gasteiger partial charge < -0.3 is 5.32 Å². The molecule has 2 heterocycles. The molecule has 0 aliphatic carbocycles. The van der Waals surface area contributed by atoms with Gasteiger partial charge >= 0.3 is 0 Å². The van der Waals surface area contributed by atoms with E-state index in [1.807, 2.05) is 6.92 Å². The second kappa shape index (κ2) is 6.45. The molecule has 0 aromatic carbocycles. The van der Waals surface area contributed by atoms with Gasteiger partial charge in [0.25, 0.3) is 0 Å². The van der Waals surface area contributed by atoms with E-state index in [4.69, 9.17) is 0 Å². The van der Waals surface area contributed by atoms with E-state index >= 15 is 0 Å². The maximum Gasteiger partial charge on any atom is 0.209 e. The smallest absolute Gasteiger partial charge is 0.209 e. The monoisotopic (exact) mass is 269 g/mol. The summed E-state index contributed by atoms with van der Waals surface area (Å²) in [6.07, 6.45) is 0. The van der Waals surface area contributed by atoms with Gasteiger partial charge in [0.1, 0.15) is 11.4 Å². The third-order valence-electron chi connectivity index (χ3n) is 2.33. The van der Waals surface area contributed by atoms with Gasteiger partial charge in [-0.3, -0.25) is 0 Å². The second-order valence-electron chi connectivity index (χ2n) is 3.62. The summed E-state index contributed by atoms with van der Waals surface area (Å²) in [6.45, 7) is 6.46. The van der Waals surface area contributed by atoms with Crippen LogP contribution in [0.25, 0.3) is 0 Å². The van der Waals surface area contributed by atoms with Gasteiger partial charge in [-0.2, -0.15) is 0 Å². The first-order valence-corrected chi connectivity index (χ1v) is 6.67. The molecule has 0 unspecified atom stereocenters. The Morgan fingerprint density at radius 1 is 1.39 bits per heavy atom. The van der Waals surface area contributed by atoms with Crippen molar-refractivity contribution in [1.29, 1.82) is 0 Å². The van der Waals surface area contributed by atoms with Crippen molar-refractivity contribution in [1.82, 2.24) is 35.8 Å². The molecule has 0 atom stereocenters. The maximum atomic E-state index is 4.64. The van der Waals surface area contributed by atoms with Gasteiger partial charge in [0.05, 0.1) is 6.54 Å². The molecule has 0 aliphatic heterocycles. The Balaban J connectivity index is 1.89. The molecule has 0 bridgehead atoms. The summed E-state index contributed by atoms with van der Waals surface area (Å²) in [5.41, 5.74) is 1.62. The Labute approximate surface area is 108 Å². The first-order chi connectivity index (χ1) is 8.81. The number of rotatable bonds is 7. The first kappa shape index (κ1) is 13.0. The van der Waals surface area contributed by atoms with Gasteiger partial charge in [-0.05, 0) is 23.9 Å². The number of hydrogen-bond acceptors (Lipinski definition) is 8. The lowest BCUT2D eigenvalue weighted by molar-refractivity contribution is 0.302. The van der Waals surface area contributed by atoms with Crippen LogP contribution in [0.5, 0.6) is 0 Å². The van der Waals surface area contributed by atoms with Crippen LogP contribution < -0.4 is 5.32 Å². The van der Waals surface area contributed by atoms with E-state index in [2.05, 4.69) is 42.7 Å². The Kier molecular flexibility index (Phi) is 4.65. The van der Waals surface area contributed by atoms with E-state index in [0.29, 0.717) is 5.75 Å². The molecule has 0 fully saturated rings. The zero-order valence-corrected chi connectivity index (χ0v) is 11.1. The van der Waals surface area contributed by atoms with Gasteiger partial charge in [-0.1, -0.05) is 29.0 Å². The Bertz CT molecular complexity index is 483. The number of aryl methyl sites for hydroxylation is 1. The lowest BCUT2D eigenvalue weighted by atomic mass is 10.4. The van der Waals surface area contributed by atoms with E-state index in [1.54, 1.807) is 4.68 Å². The first-order valence-electron chi connectivity index (χ1n) is 5.69. The molecule has 9 heteroatoms. The van der Waals surface area contributed by atoms with Gasteiger partial charge in [-0.15, -0.1) is 5.10 Å². The number of hydrogen-bond donors (Lipinski definition) is 1. The molecule has 0 radical (unpaired) electrons. The molecule has 1 N–H and O–H groups in total. The van der Waals surface area contributed by atoms with E-state index in [1.165, 1.54) is 11.8 Å². The van der Waals surface area contributed by atoms with Crippen LogP contribution in [0.1, 0.15) is 18.3 Å². The van der Waals surface area contributed by atoms with E-state index in [0.717, 1.165) is 36.2 Å². The minimum atomic E-state index is 0.650. The van der Waals surface area contributed by atoms with Crippen molar-refractivity contribution in [3.05, 3.63) is 11.4 Å². The minimum absolute atomic E-state index is 0.650. The average molecular weight is 269 g/mol. The largest absolute Gasteiger partial charge is 0.315 e. The zero-order valence-electron chi connectivity index (χ0n) is 10.3. The van der Waals surface area contributed by atoms with Crippen molar-refractivity contribution >= 4 is 11.8 Å². The summed E-state index contributed by atoms with van der Waals surface area (Å²) in [6, 6.07) is 0. The summed E-state index contributed by atoms with van der Waals surface area (Å²) in [4.78, 5) is 0. The topological polar surface area (TPSA) is 94.6 Å². The number of aromatic nitrogens is 6. The molecule has 2 aromatic heterocycles. The van der Waals surface area contributed by atoms with Crippen LogP contribution in [0.4, 0.5) is 0 Å². The van der Waals surface area contributed by atoms with Crippen LogP contribution in [-0.2, 0) is 12.3 Å². The summed E-state index contributed by atoms with van der Waals surface area (Å²) in [7, 11) is 0. The van der Waals surface area contributed by atoms with Crippen LogP contribution >= 0.6 is 11.8 Å². The number of likely N-dealkylation sites (N-methyl/N-ethyl adjacent to an activating group) is 1. The molecule has 2 rings (SSSR count). The van der Waals surface area contributed by atoms with Crippen molar-refractivity contribution in [3.63, 3.8) is 0 Å². The fraction of sp³-hybridized carbons (Fsp3) is 0.667. The lowest BCUT2D eigenvalue weighted by Gasteiger charge is -2.03. The fourth-order valence-electron chi connectivity index (χ4n) is 1.32. The Morgan fingerprint density at radius 3 is 3.00 bits per heavy atom. The van der Waals surface area contributed by atoms with Gasteiger partial charge in [0.15, 0.2) is 0 Å². The average Bonchev–Trinajstić information content (AvgIpc) is 2.96. The highest BCUT2D eigenvalue weighted by atomic mass is 32.2. The zero-order chi connectivity index (χ0) is 12.8. The molecule has 0 spiro atoms. The highest BCUT2D eigenvalue weighted by molar-refractivity contribution is 7.98. The minimum Gasteiger partial charge on any atom is -0.315 e. The number of nitrogens with zero attached hydrogens (tertiary/aromatic N) is 6. The predicted octanol–water partition coefficient (Wildman–Crippen LogP) is 0.266. The third-order valence-corrected chi connectivity index (χ3v) is 3.30. The number of nitrogens with one attached hydrogen (secondary N) is 1. The number of tetrazole rings is 1. The normalized spacial score (nSPS) is 11.0. The quantitative estimate of drug-likeness (QED) is 0.565. The van der Waals surface area contributed by atoms with Gasteiger partial charge in [-0.25, -0.2) is 9.31 Å². The summed E-state index contributed by atoms with van der Waals surface area (Å²) in [5, 5.41) is 23.2. The van der Waals surface area contributed by atoms with Crippen molar-refractivity contribution in [2.75, 3.05) is 13.1 Å². The molecule has 0 aliphatic rings. The van der Waals surface area contributed by atoms with Crippen molar-refractivity contribution in [2.24, 2.45) is 0 Å². The molecular formula is C9H15N7OS. The Morgan fingerprint density at radius 2 is 2.28 bits per heavy atom. The second-order valence-corrected chi connectivity index (χ2v) is 4.57. The molecule has 0 saturated heterocycles.